The van der Waals surface area contributed by atoms with Crippen molar-refractivity contribution >= 4 is 89.5 Å². The number of hydrogen-bond donors (Lipinski definition) is 1. The molecule has 0 aromatic carbocycles. The molecule has 147 heavy (non-hydrogen) atoms. The van der Waals surface area contributed by atoms with Crippen LogP contribution in [0.1, 0.15) is 636 Å². The second kappa shape index (κ2) is 166. The number of rotatable bonds is 108. The van der Waals surface area contributed by atoms with Crippen molar-refractivity contribution in [2.75, 3.05) is 30.6 Å². The predicted molar refractivity (Wildman–Crippen MR) is 681 cm³/mol. The average molecular weight is 2190 g/mol. The van der Waals surface area contributed by atoms with E-state index in [2.05, 4.69) is 253 Å². The summed E-state index contributed by atoms with van der Waals surface area (Å²) < 4.78 is 9.54. The van der Waals surface area contributed by atoms with Crippen molar-refractivity contribution in [2.45, 2.75) is 645 Å². The number of unbranched alkanes of at least 4 members (excludes halogenated alkanes) is 63. The van der Waals surface area contributed by atoms with Gasteiger partial charge in [-0.25, -0.2) is 0 Å². The van der Waals surface area contributed by atoms with Gasteiger partial charge in [0.2, 0.25) is 0 Å². The number of carbonyl (C=O) groups is 3. The van der Waals surface area contributed by atoms with Crippen LogP contribution in [0.15, 0.2) is 170 Å². The molecule has 0 aromatic heterocycles. The van der Waals surface area contributed by atoms with E-state index < -0.39 is 0 Å². The van der Waals surface area contributed by atoms with Gasteiger partial charge in [0, 0.05) is 18.2 Å². The second-order valence-electron chi connectivity index (χ2n) is 40.6. The van der Waals surface area contributed by atoms with Crippen molar-refractivity contribution in [3.05, 3.63) is 170 Å². The van der Waals surface area contributed by atoms with E-state index in [0.717, 1.165) is 105 Å². The third-order valence-electron chi connectivity index (χ3n) is 26.1. The molecule has 0 radical (unpaired) electrons. The second-order valence-corrected chi connectivity index (χ2v) is 43.2. The van der Waals surface area contributed by atoms with Crippen LogP contribution in [-0.4, -0.2) is 89.7 Å². The van der Waals surface area contributed by atoms with E-state index in [9.17, 15) is 19.5 Å². The first-order valence-electron chi connectivity index (χ1n) is 62.8. The molecule has 11 heteroatoms. The zero-order chi connectivity index (χ0) is 108. The summed E-state index contributed by atoms with van der Waals surface area (Å²) in [4.78, 5) is 32.2. The Morgan fingerprint density at radius 2 is 0.408 bits per heavy atom. The molecular weight excluding hydrogens is 1940 g/mol. The Balaban J connectivity index is -0.000000212. The van der Waals surface area contributed by atoms with Crippen molar-refractivity contribution in [1.29, 1.82) is 0 Å². The van der Waals surface area contributed by atoms with Crippen LogP contribution in [-0.2, 0) is 23.9 Å². The van der Waals surface area contributed by atoms with Gasteiger partial charge in [0.05, 0.1) is 18.1 Å². The van der Waals surface area contributed by atoms with Gasteiger partial charge in [0.15, 0.2) is 0 Å². The maximum absolute atomic E-state index is 12.1. The molecule has 0 aliphatic rings. The molecule has 0 aliphatic heterocycles. The molecule has 6 nitrogen and oxygen atoms in total. The third kappa shape index (κ3) is 179. The van der Waals surface area contributed by atoms with Crippen molar-refractivity contribution in [3.63, 3.8) is 0 Å². The van der Waals surface area contributed by atoms with Crippen LogP contribution in [0.2, 0.25) is 0 Å². The first-order valence-corrected chi connectivity index (χ1v) is 67.0. The van der Waals surface area contributed by atoms with E-state index in [-0.39, 0.29) is 43.5 Å². The van der Waals surface area contributed by atoms with Gasteiger partial charge in [-0.1, -0.05) is 517 Å². The van der Waals surface area contributed by atoms with Crippen LogP contribution in [0.5, 0.6) is 0 Å². The Hall–Kier alpha value is -2.81. The monoisotopic (exact) mass is 2190 g/mol. The van der Waals surface area contributed by atoms with Gasteiger partial charge >= 0.3 is 23.1 Å². The van der Waals surface area contributed by atoms with Crippen LogP contribution in [0.3, 0.4) is 0 Å². The number of aliphatic hydroxyl groups excluding tert-OH is 1. The molecule has 0 aromatic rings. The van der Waals surface area contributed by atoms with Crippen LogP contribution < -0.4 is 0 Å². The summed E-state index contributed by atoms with van der Waals surface area (Å²) >= 11 is 13.0. The van der Waals surface area contributed by atoms with Gasteiger partial charge in [-0.3, -0.25) is 14.4 Å². The van der Waals surface area contributed by atoms with Gasteiger partial charge in [0.1, 0.15) is 11.9 Å². The molecule has 0 saturated heterocycles. The zero-order valence-corrected chi connectivity index (χ0v) is 105. The van der Waals surface area contributed by atoms with E-state index in [4.69, 9.17) is 27.9 Å². The minimum absolute atomic E-state index is 0. The van der Waals surface area contributed by atoms with E-state index in [1.165, 1.54) is 487 Å². The third-order valence-corrected chi connectivity index (χ3v) is 26.6. The quantitative estimate of drug-likeness (QED) is 0.0163. The Morgan fingerprint density at radius 1 is 0.252 bits per heavy atom. The van der Waals surface area contributed by atoms with Crippen molar-refractivity contribution in [3.8, 4) is 0 Å². The van der Waals surface area contributed by atoms with E-state index in [1.807, 2.05) is 0 Å². The molecule has 0 saturated carbocycles. The molecule has 0 unspecified atom stereocenters. The number of ether oxygens (including phenoxy) is 2. The smallest absolute Gasteiger partial charge is 1.00 e. The molecule has 0 bridgehead atoms. The topological polar surface area (TPSA) is 89.9 Å². The molecule has 0 atom stereocenters. The van der Waals surface area contributed by atoms with Crippen LogP contribution in [0.25, 0.3) is 0 Å². The molecule has 860 valence electrons. The summed E-state index contributed by atoms with van der Waals surface area (Å²) in [5, 5.41) is 11.6. The minimum atomic E-state index is -0.0633. The summed E-state index contributed by atoms with van der Waals surface area (Å²) in [6.45, 7) is 23.4. The molecule has 0 heterocycles. The minimum Gasteiger partial charge on any atom is -1.00 e. The summed E-state index contributed by atoms with van der Waals surface area (Å²) in [6.07, 6.45) is 179. The SMILES string of the molecule is CCCCC/C=C\C/C=C\CCCCCCCCBr.CCCCC/C=C\C/C=C\CCCCCCCCC(=O)CCCCCCCC/C=C\C/C=C\CCCCC.CCCCC/C=C\C/C=C\CCCCCCCCC(CCCCCCCC/C=C\C/C=C\CCCCC)OC=O.CCCCC/C=C\C/C=C\CCCCCCCCC(O)CCCCCCCC/C=C\C/C=C\CCCCC.CCOC=O.CPC.ClCCl.[H-].[H-].[Mg+2]. The first-order chi connectivity index (χ1) is 72.1. The molecular formula is C136H252BrCl2MgO6P. The number of ketones is 1. The first kappa shape index (κ1) is 159. The molecule has 0 spiro atoms. The van der Waals surface area contributed by atoms with Crippen molar-refractivity contribution < 1.29 is 31.8 Å². The Bertz CT molecular complexity index is 2650. The maximum atomic E-state index is 12.1. The summed E-state index contributed by atoms with van der Waals surface area (Å²) in [5.74, 6) is 0.499. The Morgan fingerprint density at radius 3 is 0.565 bits per heavy atom. The number of halogens is 3. The van der Waals surface area contributed by atoms with Gasteiger partial charge in [-0.15, -0.1) is 31.8 Å². The molecule has 0 aliphatic carbocycles. The number of hydrogen-bond acceptors (Lipinski definition) is 6. The van der Waals surface area contributed by atoms with E-state index >= 15 is 0 Å². The van der Waals surface area contributed by atoms with Gasteiger partial charge in [0.25, 0.3) is 12.9 Å². The molecule has 0 fully saturated rings. The molecule has 0 amide bonds. The Kier molecular flexibility index (Phi) is 180. The zero-order valence-electron chi connectivity index (χ0n) is 102. The number of carbonyl (C=O) groups excluding carboxylic acids is 3. The van der Waals surface area contributed by atoms with Crippen molar-refractivity contribution in [1.82, 2.24) is 0 Å². The molecule has 1 N–H and O–H groups in total. The average Bonchev–Trinajstić information content (AvgIpc) is 1.05. The number of Topliss-reactive ketones (excluding diaryl/α,β-unsaturated/α-hetero) is 1. The van der Waals surface area contributed by atoms with Gasteiger partial charge < -0.3 is 17.4 Å². The maximum Gasteiger partial charge on any atom is 2.00 e. The fraction of sp³-hybridized carbons (Fsp3) is 0.772. The largest absolute Gasteiger partial charge is 2.00 e. The standard InChI is InChI=1S/C38H68O2.C37H68O.C37H66O.C18H33Br.C3H6O2.C2H7P.CH2Cl2.Mg.2H/c1-3-5-7-9-11-13-15-17-19-21-23-25-27-29-31-33-35-38(40-37-39)36-34-32-30-28-26-24-22-20-18-16-14-12-10-8-6-4-2;2*1-3-5-7-9-11-13-15-17-19-21-23-25-27-29-31-33-35-37(38)36-34-32-30-28-26-24-22-20-18-16-14-12-10-8-6-4-2;1-2-3-4-5-6-7-8-9-10-11-12-13-14-15-16-17-18-19;1-2-5-3-4;1-3-2;2-1-3;;;/h11-14,17-20,37-38H,3-10,15-16,21-36H2,1-2H3;11-14,17-20,37-38H,3-10,15-16,21-36H2,1-2H3;11-14,17-20H,3-10,15-16,21-36H2,1-2H3;6-7,9-10H,2-5,8,11-18H2,1H3;3H,2H2,1H3;3H,1-2H3;1H2;;;/q;;;;;;;+2;2*-1/b3*13-11-,14-12-,19-17-,20-18-;7-6-,10-9-;;;;;;. The van der Waals surface area contributed by atoms with Crippen molar-refractivity contribution in [2.24, 2.45) is 0 Å². The predicted octanol–water partition coefficient (Wildman–Crippen LogP) is 48.2. The van der Waals surface area contributed by atoms with Crippen LogP contribution in [0.4, 0.5) is 0 Å². The number of aliphatic hydroxyl groups is 1. The van der Waals surface area contributed by atoms with E-state index in [0.29, 0.717) is 25.3 Å². The fourth-order valence-electron chi connectivity index (χ4n) is 16.9. The Labute approximate surface area is 960 Å². The number of alkyl halides is 3. The van der Waals surface area contributed by atoms with Crippen LogP contribution in [0, 0.1) is 0 Å². The normalized spacial score (nSPS) is 11.8. The summed E-state index contributed by atoms with van der Waals surface area (Å²) in [6, 6.07) is 0. The summed E-state index contributed by atoms with van der Waals surface area (Å²) in [7, 11) is 1.08. The summed E-state index contributed by atoms with van der Waals surface area (Å²) in [5.41, 5.74) is 0. The van der Waals surface area contributed by atoms with Gasteiger partial charge in [-0.05, 0) is 303 Å². The van der Waals surface area contributed by atoms with Gasteiger partial charge in [-0.2, -0.15) is 0 Å². The molecule has 0 rings (SSSR count). The number of allylic oxidation sites excluding steroid dienone is 28. The van der Waals surface area contributed by atoms with Crippen LogP contribution >= 0.6 is 47.7 Å². The van der Waals surface area contributed by atoms with E-state index in [1.54, 1.807) is 6.92 Å². The fourth-order valence-corrected chi connectivity index (χ4v) is 17.3.